The highest BCUT2D eigenvalue weighted by atomic mass is 32.1. The number of thiazole rings is 1. The Balaban J connectivity index is 2.62. The van der Waals surface area contributed by atoms with Gasteiger partial charge in [-0.1, -0.05) is 32.9 Å². The number of halogens is 1. The van der Waals surface area contributed by atoms with Gasteiger partial charge in [0.25, 0.3) is 0 Å². The van der Waals surface area contributed by atoms with Gasteiger partial charge in [-0.3, -0.25) is 0 Å². The van der Waals surface area contributed by atoms with Crippen LogP contribution >= 0.6 is 11.3 Å². The van der Waals surface area contributed by atoms with Crippen molar-refractivity contribution in [2.45, 2.75) is 26.2 Å². The third-order valence-electron chi connectivity index (χ3n) is 2.56. The molecule has 0 aliphatic carbocycles. The van der Waals surface area contributed by atoms with Crippen LogP contribution in [0.15, 0.2) is 24.3 Å². The summed E-state index contributed by atoms with van der Waals surface area (Å²) in [6, 6.07) is 5.83. The molecule has 0 radical (unpaired) electrons. The summed E-state index contributed by atoms with van der Waals surface area (Å²) in [5.74, 6) is -1.44. The van der Waals surface area contributed by atoms with E-state index >= 15 is 0 Å². The van der Waals surface area contributed by atoms with Crippen LogP contribution in [0.1, 0.15) is 35.5 Å². The van der Waals surface area contributed by atoms with E-state index in [9.17, 15) is 14.3 Å². The quantitative estimate of drug-likeness (QED) is 0.905. The molecule has 0 spiro atoms. The molecule has 1 N–H and O–H groups in total. The monoisotopic (exact) mass is 279 g/mol. The summed E-state index contributed by atoms with van der Waals surface area (Å²) in [6.45, 7) is 5.90. The Morgan fingerprint density at radius 2 is 2.05 bits per heavy atom. The van der Waals surface area contributed by atoms with E-state index in [1.807, 2.05) is 20.8 Å². The lowest BCUT2D eigenvalue weighted by Gasteiger charge is -2.13. The molecule has 1 aromatic heterocycles. The van der Waals surface area contributed by atoms with E-state index in [0.29, 0.717) is 11.3 Å². The van der Waals surface area contributed by atoms with E-state index in [2.05, 4.69) is 4.98 Å². The Morgan fingerprint density at radius 1 is 1.37 bits per heavy atom. The number of hydrogen-bond donors (Lipinski definition) is 1. The zero-order valence-electron chi connectivity index (χ0n) is 10.9. The Hall–Kier alpha value is -1.75. The molecule has 0 aliphatic rings. The molecule has 0 fully saturated rings. The zero-order valence-corrected chi connectivity index (χ0v) is 11.7. The maximum atomic E-state index is 13.3. The normalized spacial score (nSPS) is 11.6. The fraction of sp³-hybridized carbons (Fsp3) is 0.286. The molecule has 2 aromatic rings. The lowest BCUT2D eigenvalue weighted by molar-refractivity contribution is 0.0702. The van der Waals surface area contributed by atoms with Crippen molar-refractivity contribution in [2.24, 2.45) is 0 Å². The molecule has 100 valence electrons. The number of carboxylic acids is 1. The maximum absolute atomic E-state index is 13.3. The number of carbonyl (C=O) groups is 1. The van der Waals surface area contributed by atoms with Gasteiger partial charge in [-0.15, -0.1) is 11.3 Å². The highest BCUT2D eigenvalue weighted by Gasteiger charge is 2.25. The van der Waals surface area contributed by atoms with Crippen molar-refractivity contribution in [1.82, 2.24) is 4.98 Å². The summed E-state index contributed by atoms with van der Waals surface area (Å²) in [5, 5.41) is 9.98. The highest BCUT2D eigenvalue weighted by Crippen LogP contribution is 2.34. The average molecular weight is 279 g/mol. The van der Waals surface area contributed by atoms with E-state index in [4.69, 9.17) is 0 Å². The van der Waals surface area contributed by atoms with Crippen molar-refractivity contribution in [3.05, 3.63) is 40.0 Å². The van der Waals surface area contributed by atoms with E-state index in [0.717, 1.165) is 16.3 Å². The van der Waals surface area contributed by atoms with Crippen molar-refractivity contribution in [1.29, 1.82) is 0 Å². The molecule has 1 aromatic carbocycles. The molecule has 0 bridgehead atoms. The first kappa shape index (κ1) is 13.7. The maximum Gasteiger partial charge on any atom is 0.348 e. The highest BCUT2D eigenvalue weighted by molar-refractivity contribution is 7.14. The van der Waals surface area contributed by atoms with Gasteiger partial charge in [-0.25, -0.2) is 14.2 Å². The minimum absolute atomic E-state index is 0.149. The summed E-state index contributed by atoms with van der Waals surface area (Å²) >= 11 is 1.14. The van der Waals surface area contributed by atoms with Gasteiger partial charge < -0.3 is 5.11 Å². The molecule has 19 heavy (non-hydrogen) atoms. The number of benzene rings is 1. The van der Waals surface area contributed by atoms with E-state index in [1.54, 1.807) is 12.1 Å². The van der Waals surface area contributed by atoms with Crippen LogP contribution in [0, 0.1) is 5.82 Å². The second kappa shape index (κ2) is 4.74. The second-order valence-electron chi connectivity index (χ2n) is 5.26. The minimum atomic E-state index is -1.03. The third-order valence-corrected chi connectivity index (χ3v) is 4.03. The standard InChI is InChI=1S/C14H14FNO2S/c1-14(2,3)13-16-10(11(19-13)12(17)18)8-5-4-6-9(15)7-8/h4-7H,1-3H3,(H,17,18). The molecule has 5 heteroatoms. The van der Waals surface area contributed by atoms with Gasteiger partial charge in [0.15, 0.2) is 0 Å². The summed E-state index contributed by atoms with van der Waals surface area (Å²) in [7, 11) is 0. The molecule has 0 saturated carbocycles. The number of aromatic nitrogens is 1. The van der Waals surface area contributed by atoms with Gasteiger partial charge in [-0.05, 0) is 12.1 Å². The topological polar surface area (TPSA) is 50.2 Å². The first-order valence-corrected chi connectivity index (χ1v) is 6.61. The molecule has 0 unspecified atom stereocenters. The molecule has 2 rings (SSSR count). The second-order valence-corrected chi connectivity index (χ2v) is 6.26. The number of rotatable bonds is 2. The van der Waals surface area contributed by atoms with Crippen LogP contribution in [-0.4, -0.2) is 16.1 Å². The van der Waals surface area contributed by atoms with Gasteiger partial charge in [0, 0.05) is 11.0 Å². The van der Waals surface area contributed by atoms with Gasteiger partial charge in [0.05, 0.1) is 10.7 Å². The molecule has 0 aliphatic heterocycles. The number of nitrogens with zero attached hydrogens (tertiary/aromatic N) is 1. The van der Waals surface area contributed by atoms with Crippen molar-refractivity contribution in [3.8, 4) is 11.3 Å². The van der Waals surface area contributed by atoms with Crippen LogP contribution in [0.4, 0.5) is 4.39 Å². The van der Waals surface area contributed by atoms with Gasteiger partial charge in [0.2, 0.25) is 0 Å². The molecular weight excluding hydrogens is 265 g/mol. The minimum Gasteiger partial charge on any atom is -0.477 e. The lowest BCUT2D eigenvalue weighted by Crippen LogP contribution is -2.10. The van der Waals surface area contributed by atoms with Crippen molar-refractivity contribution in [3.63, 3.8) is 0 Å². The van der Waals surface area contributed by atoms with Crippen molar-refractivity contribution >= 4 is 17.3 Å². The predicted molar refractivity (Wildman–Crippen MR) is 73.2 cm³/mol. The fourth-order valence-electron chi connectivity index (χ4n) is 1.62. The first-order chi connectivity index (χ1) is 8.79. The van der Waals surface area contributed by atoms with Crippen molar-refractivity contribution in [2.75, 3.05) is 0 Å². The number of carboxylic acid groups (broad SMARTS) is 1. The molecule has 0 atom stereocenters. The Bertz CT molecular complexity index is 629. The van der Waals surface area contributed by atoms with E-state index in [1.165, 1.54) is 12.1 Å². The summed E-state index contributed by atoms with van der Waals surface area (Å²) in [5.41, 5.74) is 0.589. The van der Waals surface area contributed by atoms with Crippen LogP contribution in [0.3, 0.4) is 0 Å². The Labute approximate surface area is 114 Å². The van der Waals surface area contributed by atoms with Gasteiger partial charge >= 0.3 is 5.97 Å². The summed E-state index contributed by atoms with van der Waals surface area (Å²) in [6.07, 6.45) is 0. The number of aromatic carboxylic acids is 1. The van der Waals surface area contributed by atoms with Crippen LogP contribution in [0.2, 0.25) is 0 Å². The van der Waals surface area contributed by atoms with Crippen LogP contribution < -0.4 is 0 Å². The van der Waals surface area contributed by atoms with E-state index in [-0.39, 0.29) is 10.3 Å². The molecule has 0 amide bonds. The Morgan fingerprint density at radius 3 is 2.58 bits per heavy atom. The lowest BCUT2D eigenvalue weighted by atomic mass is 9.98. The van der Waals surface area contributed by atoms with Crippen molar-refractivity contribution < 1.29 is 14.3 Å². The Kier molecular flexibility index (Phi) is 3.41. The summed E-state index contributed by atoms with van der Waals surface area (Å²) < 4.78 is 13.3. The average Bonchev–Trinajstić information content (AvgIpc) is 2.73. The molecule has 0 saturated heterocycles. The first-order valence-electron chi connectivity index (χ1n) is 5.79. The molecule has 3 nitrogen and oxygen atoms in total. The predicted octanol–water partition coefficient (Wildman–Crippen LogP) is 3.94. The third kappa shape index (κ3) is 2.81. The summed E-state index contributed by atoms with van der Waals surface area (Å²) in [4.78, 5) is 15.8. The van der Waals surface area contributed by atoms with Gasteiger partial charge in [-0.2, -0.15) is 0 Å². The molecular formula is C14H14FNO2S. The fourth-order valence-corrected chi connectivity index (χ4v) is 2.60. The number of hydrogen-bond acceptors (Lipinski definition) is 3. The van der Waals surface area contributed by atoms with E-state index < -0.39 is 11.8 Å². The molecule has 1 heterocycles. The largest absolute Gasteiger partial charge is 0.477 e. The zero-order chi connectivity index (χ0) is 14.2. The van der Waals surface area contributed by atoms with Crippen LogP contribution in [0.25, 0.3) is 11.3 Å². The smallest absolute Gasteiger partial charge is 0.348 e. The SMILES string of the molecule is CC(C)(C)c1nc(-c2cccc(F)c2)c(C(=O)O)s1. The van der Waals surface area contributed by atoms with Crippen LogP contribution in [-0.2, 0) is 5.41 Å². The van der Waals surface area contributed by atoms with Gasteiger partial charge in [0.1, 0.15) is 10.7 Å². The van der Waals surface area contributed by atoms with Crippen LogP contribution in [0.5, 0.6) is 0 Å².